The number of carbonyl (C=O) groups is 3. The highest BCUT2D eigenvalue weighted by molar-refractivity contribution is 6.25. The minimum absolute atomic E-state index is 0.0214. The molecule has 29 heavy (non-hydrogen) atoms. The van der Waals surface area contributed by atoms with Crippen LogP contribution in [0.25, 0.3) is 0 Å². The summed E-state index contributed by atoms with van der Waals surface area (Å²) in [5, 5.41) is 2.75. The van der Waals surface area contributed by atoms with Crippen molar-refractivity contribution in [3.8, 4) is 0 Å². The normalized spacial score (nSPS) is 20.1. The SMILES string of the molecule is O=C1CN(Cc2ccccc2)C(=O)C1C(=O)Nc1ccc(C2CCCCC2)cc1. The lowest BCUT2D eigenvalue weighted by Crippen LogP contribution is -2.34. The predicted octanol–water partition coefficient (Wildman–Crippen LogP) is 3.90. The molecule has 5 nitrogen and oxygen atoms in total. The lowest BCUT2D eigenvalue weighted by atomic mass is 9.84. The van der Waals surface area contributed by atoms with Gasteiger partial charge in [0.25, 0.3) is 0 Å². The van der Waals surface area contributed by atoms with Gasteiger partial charge in [-0.2, -0.15) is 0 Å². The average Bonchev–Trinajstić information content (AvgIpc) is 3.03. The minimum Gasteiger partial charge on any atom is -0.330 e. The number of likely N-dealkylation sites (tertiary alicyclic amines) is 1. The van der Waals surface area contributed by atoms with E-state index in [0.29, 0.717) is 18.2 Å². The molecule has 0 bridgehead atoms. The molecule has 0 spiro atoms. The van der Waals surface area contributed by atoms with Crippen molar-refractivity contribution in [1.29, 1.82) is 0 Å². The van der Waals surface area contributed by atoms with Crippen LogP contribution in [0.15, 0.2) is 54.6 Å². The number of rotatable bonds is 5. The summed E-state index contributed by atoms with van der Waals surface area (Å²) >= 11 is 0. The zero-order valence-corrected chi connectivity index (χ0v) is 16.5. The molecule has 1 N–H and O–H groups in total. The Hall–Kier alpha value is -2.95. The summed E-state index contributed by atoms with van der Waals surface area (Å²) in [6.07, 6.45) is 6.29. The minimum atomic E-state index is -1.25. The van der Waals surface area contributed by atoms with Crippen LogP contribution in [0.5, 0.6) is 0 Å². The van der Waals surface area contributed by atoms with Crippen molar-refractivity contribution >= 4 is 23.3 Å². The van der Waals surface area contributed by atoms with Crippen LogP contribution in [0.4, 0.5) is 5.69 Å². The molecule has 2 aliphatic rings. The number of nitrogens with one attached hydrogen (secondary N) is 1. The van der Waals surface area contributed by atoms with E-state index in [9.17, 15) is 14.4 Å². The van der Waals surface area contributed by atoms with Gasteiger partial charge in [0, 0.05) is 12.2 Å². The number of hydrogen-bond acceptors (Lipinski definition) is 3. The topological polar surface area (TPSA) is 66.5 Å². The lowest BCUT2D eigenvalue weighted by Gasteiger charge is -2.22. The first-order valence-corrected chi connectivity index (χ1v) is 10.4. The van der Waals surface area contributed by atoms with Gasteiger partial charge in [0.1, 0.15) is 0 Å². The molecule has 4 rings (SSSR count). The fourth-order valence-electron chi connectivity index (χ4n) is 4.36. The second-order valence-corrected chi connectivity index (χ2v) is 8.03. The van der Waals surface area contributed by atoms with Crippen molar-refractivity contribution in [2.75, 3.05) is 11.9 Å². The van der Waals surface area contributed by atoms with Crippen LogP contribution >= 0.6 is 0 Å². The molecule has 1 aliphatic heterocycles. The number of Topliss-reactive ketones (excluding diaryl/α,β-unsaturated/α-hetero) is 1. The second-order valence-electron chi connectivity index (χ2n) is 8.03. The zero-order chi connectivity index (χ0) is 20.2. The van der Waals surface area contributed by atoms with E-state index in [1.807, 2.05) is 54.6 Å². The van der Waals surface area contributed by atoms with Crippen LogP contribution in [0.1, 0.15) is 49.1 Å². The van der Waals surface area contributed by atoms with Gasteiger partial charge in [-0.05, 0) is 42.0 Å². The van der Waals surface area contributed by atoms with Gasteiger partial charge in [-0.25, -0.2) is 0 Å². The number of anilines is 1. The van der Waals surface area contributed by atoms with Gasteiger partial charge in [-0.15, -0.1) is 0 Å². The molecule has 1 saturated carbocycles. The first kappa shape index (κ1) is 19.4. The van der Waals surface area contributed by atoms with Gasteiger partial charge in [0.15, 0.2) is 11.7 Å². The largest absolute Gasteiger partial charge is 0.330 e. The molecule has 150 valence electrons. The van der Waals surface area contributed by atoms with E-state index in [1.165, 1.54) is 42.6 Å². The van der Waals surface area contributed by atoms with Crippen molar-refractivity contribution < 1.29 is 14.4 Å². The van der Waals surface area contributed by atoms with E-state index >= 15 is 0 Å². The number of hydrogen-bond donors (Lipinski definition) is 1. The average molecular weight is 390 g/mol. The Balaban J connectivity index is 1.38. The van der Waals surface area contributed by atoms with Gasteiger partial charge in [0.2, 0.25) is 11.8 Å². The monoisotopic (exact) mass is 390 g/mol. The molecule has 1 saturated heterocycles. The summed E-state index contributed by atoms with van der Waals surface area (Å²) in [6.45, 7) is 0.317. The molecule has 2 amide bonds. The third-order valence-corrected chi connectivity index (χ3v) is 5.96. The van der Waals surface area contributed by atoms with Crippen LogP contribution < -0.4 is 5.32 Å². The summed E-state index contributed by atoms with van der Waals surface area (Å²) in [5.74, 6) is -1.96. The number of carbonyl (C=O) groups excluding carboxylic acids is 3. The molecule has 1 heterocycles. The van der Waals surface area contributed by atoms with Crippen molar-refractivity contribution in [2.24, 2.45) is 5.92 Å². The van der Waals surface area contributed by atoms with Gasteiger partial charge < -0.3 is 10.2 Å². The molecule has 0 aromatic heterocycles. The van der Waals surface area contributed by atoms with Crippen molar-refractivity contribution in [1.82, 2.24) is 4.90 Å². The van der Waals surface area contributed by atoms with E-state index in [0.717, 1.165) is 5.56 Å². The Kier molecular flexibility index (Phi) is 5.74. The summed E-state index contributed by atoms with van der Waals surface area (Å²) in [6, 6.07) is 17.3. The van der Waals surface area contributed by atoms with E-state index in [1.54, 1.807) is 0 Å². The Morgan fingerprint density at radius 3 is 2.31 bits per heavy atom. The number of amides is 2. The fraction of sp³-hybridized carbons (Fsp3) is 0.375. The molecule has 2 fully saturated rings. The Morgan fingerprint density at radius 1 is 0.931 bits per heavy atom. The quantitative estimate of drug-likeness (QED) is 0.788. The molecule has 1 atom stereocenters. The maximum Gasteiger partial charge on any atom is 0.244 e. The fourth-order valence-corrected chi connectivity index (χ4v) is 4.36. The van der Waals surface area contributed by atoms with E-state index in [4.69, 9.17) is 0 Å². The van der Waals surface area contributed by atoms with E-state index in [-0.39, 0.29) is 12.3 Å². The van der Waals surface area contributed by atoms with Crippen molar-refractivity contribution in [2.45, 2.75) is 44.6 Å². The van der Waals surface area contributed by atoms with Gasteiger partial charge in [-0.3, -0.25) is 14.4 Å². The maximum atomic E-state index is 12.7. The highest BCUT2D eigenvalue weighted by Crippen LogP contribution is 2.33. The second kappa shape index (κ2) is 8.60. The summed E-state index contributed by atoms with van der Waals surface area (Å²) in [4.78, 5) is 39.1. The predicted molar refractivity (Wildman–Crippen MR) is 111 cm³/mol. The number of ketones is 1. The molecule has 5 heteroatoms. The number of benzene rings is 2. The molecular weight excluding hydrogens is 364 g/mol. The molecule has 0 radical (unpaired) electrons. The molecule has 2 aromatic carbocycles. The van der Waals surface area contributed by atoms with E-state index in [2.05, 4.69) is 5.32 Å². The van der Waals surface area contributed by atoms with Crippen LogP contribution in [-0.2, 0) is 20.9 Å². The van der Waals surface area contributed by atoms with Gasteiger partial charge >= 0.3 is 0 Å². The van der Waals surface area contributed by atoms with Gasteiger partial charge in [0.05, 0.1) is 6.54 Å². The third-order valence-electron chi connectivity index (χ3n) is 5.96. The molecule has 1 aliphatic carbocycles. The summed E-state index contributed by atoms with van der Waals surface area (Å²) < 4.78 is 0. The summed E-state index contributed by atoms with van der Waals surface area (Å²) in [7, 11) is 0. The highest BCUT2D eigenvalue weighted by Gasteiger charge is 2.44. The van der Waals surface area contributed by atoms with Crippen LogP contribution in [-0.4, -0.2) is 29.0 Å². The first-order valence-electron chi connectivity index (χ1n) is 10.4. The Bertz CT molecular complexity index is 886. The number of nitrogens with zero attached hydrogens (tertiary/aromatic N) is 1. The van der Waals surface area contributed by atoms with E-state index < -0.39 is 17.7 Å². The summed E-state index contributed by atoms with van der Waals surface area (Å²) in [5.41, 5.74) is 2.86. The zero-order valence-electron chi connectivity index (χ0n) is 16.5. The smallest absolute Gasteiger partial charge is 0.244 e. The molecular formula is C24H26N2O3. The van der Waals surface area contributed by atoms with Crippen LogP contribution in [0.2, 0.25) is 0 Å². The molecule has 1 unspecified atom stereocenters. The lowest BCUT2D eigenvalue weighted by molar-refractivity contribution is -0.138. The highest BCUT2D eigenvalue weighted by atomic mass is 16.2. The van der Waals surface area contributed by atoms with Gasteiger partial charge in [-0.1, -0.05) is 61.7 Å². The third kappa shape index (κ3) is 4.39. The first-order chi connectivity index (χ1) is 14.1. The van der Waals surface area contributed by atoms with Crippen molar-refractivity contribution in [3.05, 3.63) is 65.7 Å². The Morgan fingerprint density at radius 2 is 1.62 bits per heavy atom. The van der Waals surface area contributed by atoms with Crippen molar-refractivity contribution in [3.63, 3.8) is 0 Å². The maximum absolute atomic E-state index is 12.7. The van der Waals surface area contributed by atoms with Crippen LogP contribution in [0, 0.1) is 5.92 Å². The standard InChI is InChI=1S/C24H26N2O3/c27-21-16-26(15-17-7-3-1-4-8-17)24(29)22(21)23(28)25-20-13-11-19(12-14-20)18-9-5-2-6-10-18/h1,3-4,7-8,11-14,18,22H,2,5-6,9-10,15-16H2,(H,25,28). The molecule has 2 aromatic rings. The van der Waals surface area contributed by atoms with Crippen LogP contribution in [0.3, 0.4) is 0 Å². The Labute approximate surface area is 171 Å².